The molecular weight excluding hydrogens is 298 g/mol. The van der Waals surface area contributed by atoms with Crippen LogP contribution in [0.2, 0.25) is 0 Å². The van der Waals surface area contributed by atoms with Crippen LogP contribution in [0.25, 0.3) is 0 Å². The fraction of sp³-hybridized carbons (Fsp3) is 0.308. The number of nitrogens with one attached hydrogen (secondary N) is 1. The Labute approximate surface area is 115 Å². The summed E-state index contributed by atoms with van der Waals surface area (Å²) in [4.78, 5) is 12.0. The average Bonchev–Trinajstić information content (AvgIpc) is 2.38. The van der Waals surface area contributed by atoms with Gasteiger partial charge in [-0.15, -0.1) is 6.58 Å². The average molecular weight is 314 g/mol. The van der Waals surface area contributed by atoms with Gasteiger partial charge in [0.2, 0.25) is 0 Å². The van der Waals surface area contributed by atoms with Gasteiger partial charge in [0.05, 0.1) is 26.3 Å². The quantitative estimate of drug-likeness (QED) is 0.477. The van der Waals surface area contributed by atoms with Crippen molar-refractivity contribution in [1.29, 1.82) is 0 Å². The van der Waals surface area contributed by atoms with Gasteiger partial charge in [-0.25, -0.2) is 0 Å². The van der Waals surface area contributed by atoms with Gasteiger partial charge in [-0.05, 0) is 28.1 Å². The molecule has 4 nitrogen and oxygen atoms in total. The van der Waals surface area contributed by atoms with E-state index >= 15 is 0 Å². The number of carbonyl (C=O) groups is 1. The Kier molecular flexibility index (Phi) is 5.88. The number of benzene rings is 1. The first kappa shape index (κ1) is 14.7. The molecule has 0 fully saturated rings. The summed E-state index contributed by atoms with van der Waals surface area (Å²) in [5.74, 6) is 1.07. The first-order valence-corrected chi connectivity index (χ1v) is 6.20. The van der Waals surface area contributed by atoms with Crippen molar-refractivity contribution in [2.75, 3.05) is 27.3 Å². The molecule has 0 heterocycles. The van der Waals surface area contributed by atoms with Crippen LogP contribution in [0, 0.1) is 0 Å². The van der Waals surface area contributed by atoms with Gasteiger partial charge in [-0.3, -0.25) is 4.79 Å². The molecule has 5 heteroatoms. The van der Waals surface area contributed by atoms with Crippen LogP contribution in [0.4, 0.5) is 0 Å². The van der Waals surface area contributed by atoms with E-state index in [1.807, 2.05) is 0 Å². The molecule has 0 saturated carbocycles. The van der Waals surface area contributed by atoms with E-state index in [0.29, 0.717) is 28.1 Å². The summed E-state index contributed by atoms with van der Waals surface area (Å²) in [6.45, 7) is 4.40. The van der Waals surface area contributed by atoms with E-state index in [9.17, 15) is 4.79 Å². The highest BCUT2D eigenvalue weighted by molar-refractivity contribution is 9.10. The van der Waals surface area contributed by atoms with Gasteiger partial charge in [0.25, 0.3) is 0 Å². The van der Waals surface area contributed by atoms with Crippen LogP contribution in [0.5, 0.6) is 11.5 Å². The number of rotatable bonds is 7. The highest BCUT2D eigenvalue weighted by Gasteiger charge is 2.17. The van der Waals surface area contributed by atoms with Crippen molar-refractivity contribution < 1.29 is 14.3 Å². The summed E-state index contributed by atoms with van der Waals surface area (Å²) in [6, 6.07) is 3.42. The molecule has 0 aromatic heterocycles. The summed E-state index contributed by atoms with van der Waals surface area (Å²) in [7, 11) is 3.08. The molecule has 0 unspecified atom stereocenters. The number of methoxy groups -OCH3 is 2. The lowest BCUT2D eigenvalue weighted by Crippen LogP contribution is -2.23. The lowest BCUT2D eigenvalue weighted by molar-refractivity contribution is 0.0989. The van der Waals surface area contributed by atoms with Gasteiger partial charge in [-0.2, -0.15) is 0 Å². The Balaban J connectivity index is 2.98. The maximum absolute atomic E-state index is 12.0. The van der Waals surface area contributed by atoms with Crippen LogP contribution in [0.3, 0.4) is 0 Å². The Morgan fingerprint density at radius 1 is 1.44 bits per heavy atom. The number of carbonyl (C=O) groups excluding carboxylic acids is 1. The van der Waals surface area contributed by atoms with Gasteiger partial charge < -0.3 is 14.8 Å². The maximum Gasteiger partial charge on any atom is 0.180 e. The fourth-order valence-electron chi connectivity index (χ4n) is 1.50. The number of ether oxygens (including phenoxy) is 2. The smallest absolute Gasteiger partial charge is 0.180 e. The Bertz CT molecular complexity index is 446. The van der Waals surface area contributed by atoms with Crippen molar-refractivity contribution in [3.8, 4) is 11.5 Å². The lowest BCUT2D eigenvalue weighted by Gasteiger charge is -2.12. The predicted octanol–water partition coefficient (Wildman–Crippen LogP) is 2.42. The Morgan fingerprint density at radius 2 is 2.17 bits per heavy atom. The highest BCUT2D eigenvalue weighted by atomic mass is 79.9. The van der Waals surface area contributed by atoms with Crippen LogP contribution in [0.15, 0.2) is 29.3 Å². The molecule has 0 atom stereocenters. The Morgan fingerprint density at radius 3 is 2.72 bits per heavy atom. The van der Waals surface area contributed by atoms with E-state index < -0.39 is 0 Å². The number of Topliss-reactive ketones (excluding diaryl/α,β-unsaturated/α-hetero) is 1. The minimum atomic E-state index is -0.0444. The molecule has 1 N–H and O–H groups in total. The molecule has 0 aliphatic heterocycles. The number of hydrogen-bond acceptors (Lipinski definition) is 4. The standard InChI is InChI=1S/C13H16BrNO3/c1-4-7-15-8-10(16)9-5-6-11(17-2)12(14)13(9)18-3/h4-6,15H,1,7-8H2,2-3H3. The molecule has 1 aromatic carbocycles. The Hall–Kier alpha value is -1.33. The SMILES string of the molecule is C=CCNCC(=O)c1ccc(OC)c(Br)c1OC. The van der Waals surface area contributed by atoms with Crippen LogP contribution in [-0.4, -0.2) is 33.1 Å². The summed E-state index contributed by atoms with van der Waals surface area (Å²) in [6.07, 6.45) is 1.70. The van der Waals surface area contributed by atoms with Gasteiger partial charge in [0.15, 0.2) is 5.78 Å². The van der Waals surface area contributed by atoms with Crippen molar-refractivity contribution in [2.45, 2.75) is 0 Å². The molecule has 0 amide bonds. The van der Waals surface area contributed by atoms with Crippen molar-refractivity contribution in [2.24, 2.45) is 0 Å². The third kappa shape index (κ3) is 3.34. The highest BCUT2D eigenvalue weighted by Crippen LogP contribution is 2.37. The first-order chi connectivity index (χ1) is 8.65. The predicted molar refractivity (Wildman–Crippen MR) is 74.6 cm³/mol. The van der Waals surface area contributed by atoms with E-state index in [0.717, 1.165) is 0 Å². The molecule has 0 aliphatic rings. The molecule has 0 spiro atoms. The largest absolute Gasteiger partial charge is 0.495 e. The van der Waals surface area contributed by atoms with Crippen molar-refractivity contribution >= 4 is 21.7 Å². The number of ketones is 1. The summed E-state index contributed by atoms with van der Waals surface area (Å²) in [5, 5.41) is 2.96. The van der Waals surface area contributed by atoms with E-state index in [2.05, 4.69) is 27.8 Å². The molecule has 1 rings (SSSR count). The molecule has 98 valence electrons. The minimum absolute atomic E-state index is 0.0444. The second-order valence-corrected chi connectivity index (χ2v) is 4.30. The van der Waals surface area contributed by atoms with Gasteiger partial charge in [0, 0.05) is 6.54 Å². The molecule has 0 saturated heterocycles. The molecular formula is C13H16BrNO3. The zero-order chi connectivity index (χ0) is 13.5. The molecule has 1 aromatic rings. The fourth-order valence-corrected chi connectivity index (χ4v) is 2.17. The van der Waals surface area contributed by atoms with Gasteiger partial charge in [-0.1, -0.05) is 6.08 Å². The van der Waals surface area contributed by atoms with E-state index in [1.165, 1.54) is 7.11 Å². The zero-order valence-corrected chi connectivity index (χ0v) is 12.0. The van der Waals surface area contributed by atoms with Crippen molar-refractivity contribution in [3.63, 3.8) is 0 Å². The van der Waals surface area contributed by atoms with E-state index in [4.69, 9.17) is 9.47 Å². The number of hydrogen-bond donors (Lipinski definition) is 1. The molecule has 0 aliphatic carbocycles. The second kappa shape index (κ2) is 7.18. The van der Waals surface area contributed by atoms with Gasteiger partial charge in [0.1, 0.15) is 16.0 Å². The van der Waals surface area contributed by atoms with Crippen LogP contribution in [-0.2, 0) is 0 Å². The lowest BCUT2D eigenvalue weighted by atomic mass is 10.1. The van der Waals surface area contributed by atoms with Crippen molar-refractivity contribution in [3.05, 3.63) is 34.8 Å². The van der Waals surface area contributed by atoms with Crippen molar-refractivity contribution in [1.82, 2.24) is 5.32 Å². The molecule has 0 radical (unpaired) electrons. The molecule has 18 heavy (non-hydrogen) atoms. The van der Waals surface area contributed by atoms with E-state index in [1.54, 1.807) is 25.3 Å². The second-order valence-electron chi connectivity index (χ2n) is 3.51. The van der Waals surface area contributed by atoms with Crippen LogP contribution < -0.4 is 14.8 Å². The molecule has 0 bridgehead atoms. The number of halogens is 1. The normalized spacial score (nSPS) is 9.94. The summed E-state index contributed by atoms with van der Waals surface area (Å²) >= 11 is 3.36. The topological polar surface area (TPSA) is 47.6 Å². The zero-order valence-electron chi connectivity index (χ0n) is 10.5. The summed E-state index contributed by atoms with van der Waals surface area (Å²) < 4.78 is 11.0. The van der Waals surface area contributed by atoms with E-state index in [-0.39, 0.29) is 12.3 Å². The third-order valence-corrected chi connectivity index (χ3v) is 3.11. The van der Waals surface area contributed by atoms with Crippen LogP contribution in [0.1, 0.15) is 10.4 Å². The third-order valence-electron chi connectivity index (χ3n) is 2.36. The monoisotopic (exact) mass is 313 g/mol. The summed E-state index contributed by atoms with van der Waals surface area (Å²) in [5.41, 5.74) is 0.515. The maximum atomic E-state index is 12.0. The first-order valence-electron chi connectivity index (χ1n) is 5.41. The van der Waals surface area contributed by atoms with Gasteiger partial charge >= 0.3 is 0 Å². The minimum Gasteiger partial charge on any atom is -0.495 e. The van der Waals surface area contributed by atoms with Crippen LogP contribution >= 0.6 is 15.9 Å².